The number of hydrogen-bond acceptors (Lipinski definition) is 4. The first-order chi connectivity index (χ1) is 10.6. The number of para-hydroxylation sites is 2. The molecular formula is C16H8Br2N2O2. The van der Waals surface area contributed by atoms with Gasteiger partial charge in [0.2, 0.25) is 5.89 Å². The van der Waals surface area contributed by atoms with Crippen LogP contribution >= 0.6 is 31.9 Å². The third kappa shape index (κ3) is 2.78. The molecule has 0 radical (unpaired) electrons. The largest absolute Gasteiger partial charge is 0.506 e. The van der Waals surface area contributed by atoms with E-state index in [2.05, 4.69) is 42.9 Å². The zero-order valence-corrected chi connectivity index (χ0v) is 14.2. The first kappa shape index (κ1) is 14.8. The molecule has 1 N–H and O–H groups in total. The molecule has 108 valence electrons. The number of fused-ring (bicyclic) bond motifs is 1. The summed E-state index contributed by atoms with van der Waals surface area (Å²) in [5.74, 6) is 0.270. The molecular weight excluding hydrogens is 412 g/mol. The minimum atomic E-state index is 0.0482. The van der Waals surface area contributed by atoms with E-state index in [4.69, 9.17) is 4.42 Å². The molecule has 6 heteroatoms. The van der Waals surface area contributed by atoms with Crippen LogP contribution in [-0.2, 0) is 0 Å². The third-order valence-corrected chi connectivity index (χ3v) is 4.06. The summed E-state index contributed by atoms with van der Waals surface area (Å²) in [6.45, 7) is 0. The van der Waals surface area contributed by atoms with Gasteiger partial charge in [-0.3, -0.25) is 0 Å². The van der Waals surface area contributed by atoms with E-state index in [9.17, 15) is 10.4 Å². The molecule has 1 heterocycles. The number of nitrogens with zero attached hydrogens (tertiary/aromatic N) is 2. The van der Waals surface area contributed by atoms with Gasteiger partial charge in [-0.05, 0) is 46.3 Å². The maximum Gasteiger partial charge on any atom is 0.238 e. The average Bonchev–Trinajstić information content (AvgIpc) is 2.93. The molecule has 0 spiro atoms. The molecule has 0 bridgehead atoms. The van der Waals surface area contributed by atoms with Crippen molar-refractivity contribution in [2.45, 2.75) is 0 Å². The zero-order chi connectivity index (χ0) is 15.7. The predicted octanol–water partition coefficient (Wildman–Crippen LogP) is 5.12. The second-order valence-corrected chi connectivity index (χ2v) is 6.25. The van der Waals surface area contributed by atoms with E-state index < -0.39 is 0 Å². The quantitative estimate of drug-likeness (QED) is 0.585. The average molecular weight is 420 g/mol. The van der Waals surface area contributed by atoms with Crippen LogP contribution in [0.15, 0.2) is 49.8 Å². The minimum Gasteiger partial charge on any atom is -0.506 e. The standard InChI is InChI=1S/C16H8Br2N2O2/c17-11-6-9(15(21)12(18)7-11)5-10(8-19)16-20-13-3-1-2-4-14(13)22-16/h1-7,21H/b10-5+. The summed E-state index contributed by atoms with van der Waals surface area (Å²) < 4.78 is 6.89. The summed E-state index contributed by atoms with van der Waals surface area (Å²) in [6.07, 6.45) is 1.54. The van der Waals surface area contributed by atoms with Gasteiger partial charge < -0.3 is 9.52 Å². The molecule has 0 aliphatic carbocycles. The Kier molecular flexibility index (Phi) is 4.01. The maximum atomic E-state index is 10.1. The van der Waals surface area contributed by atoms with Gasteiger partial charge in [-0.1, -0.05) is 28.1 Å². The monoisotopic (exact) mass is 418 g/mol. The number of hydrogen-bond donors (Lipinski definition) is 1. The van der Waals surface area contributed by atoms with Crippen LogP contribution in [0.25, 0.3) is 22.7 Å². The summed E-state index contributed by atoms with van der Waals surface area (Å²) in [5, 5.41) is 19.5. The Bertz CT molecular complexity index is 906. The number of oxazole rings is 1. The topological polar surface area (TPSA) is 70.0 Å². The number of benzene rings is 2. The van der Waals surface area contributed by atoms with Crippen LogP contribution in [0.1, 0.15) is 11.5 Å². The lowest BCUT2D eigenvalue weighted by Gasteiger charge is -2.03. The molecule has 4 nitrogen and oxygen atoms in total. The lowest BCUT2D eigenvalue weighted by Crippen LogP contribution is -1.84. The molecule has 0 aliphatic rings. The van der Waals surface area contributed by atoms with Crippen molar-refractivity contribution in [2.24, 2.45) is 0 Å². The van der Waals surface area contributed by atoms with Crippen LogP contribution in [0.4, 0.5) is 0 Å². The van der Waals surface area contributed by atoms with Gasteiger partial charge >= 0.3 is 0 Å². The SMILES string of the molecule is N#C/C(=C\c1cc(Br)cc(Br)c1O)c1nc2ccccc2o1. The number of halogens is 2. The number of allylic oxidation sites excluding steroid dienone is 1. The highest BCUT2D eigenvalue weighted by Crippen LogP contribution is 2.34. The molecule has 0 aliphatic heterocycles. The van der Waals surface area contributed by atoms with Crippen molar-refractivity contribution in [3.63, 3.8) is 0 Å². The number of aromatic hydroxyl groups is 1. The number of phenols is 1. The highest BCUT2D eigenvalue weighted by Gasteiger charge is 2.13. The van der Waals surface area contributed by atoms with Gasteiger partial charge in [0.15, 0.2) is 5.58 Å². The molecule has 0 saturated heterocycles. The Morgan fingerprint density at radius 3 is 2.77 bits per heavy atom. The van der Waals surface area contributed by atoms with Crippen LogP contribution in [0, 0.1) is 11.3 Å². The van der Waals surface area contributed by atoms with Gasteiger partial charge in [-0.15, -0.1) is 0 Å². The van der Waals surface area contributed by atoms with Crippen molar-refractivity contribution in [2.75, 3.05) is 0 Å². The second-order valence-electron chi connectivity index (χ2n) is 4.48. The summed E-state index contributed by atoms with van der Waals surface area (Å²) in [6, 6.07) is 12.8. The maximum absolute atomic E-state index is 10.1. The Morgan fingerprint density at radius 2 is 2.05 bits per heavy atom. The highest BCUT2D eigenvalue weighted by atomic mass is 79.9. The van der Waals surface area contributed by atoms with Gasteiger partial charge in [0.1, 0.15) is 22.9 Å². The summed E-state index contributed by atoms with van der Waals surface area (Å²) >= 11 is 6.61. The fourth-order valence-corrected chi connectivity index (χ4v) is 3.24. The normalized spacial score (nSPS) is 11.6. The first-order valence-corrected chi connectivity index (χ1v) is 7.83. The molecule has 1 aromatic heterocycles. The number of phenolic OH excluding ortho intramolecular Hbond substituents is 1. The van der Waals surface area contributed by atoms with Gasteiger partial charge in [-0.25, -0.2) is 4.98 Å². The van der Waals surface area contributed by atoms with E-state index in [0.717, 1.165) is 4.47 Å². The Labute approximate surface area is 143 Å². The number of nitriles is 1. The molecule has 0 fully saturated rings. The van der Waals surface area contributed by atoms with Gasteiger partial charge in [0.25, 0.3) is 0 Å². The van der Waals surface area contributed by atoms with E-state index in [-0.39, 0.29) is 17.2 Å². The smallest absolute Gasteiger partial charge is 0.238 e. The van der Waals surface area contributed by atoms with Crippen LogP contribution in [0.2, 0.25) is 0 Å². The third-order valence-electron chi connectivity index (χ3n) is 3.00. The highest BCUT2D eigenvalue weighted by molar-refractivity contribution is 9.11. The van der Waals surface area contributed by atoms with Crippen molar-refractivity contribution < 1.29 is 9.52 Å². The summed E-state index contributed by atoms with van der Waals surface area (Å²) in [5.41, 5.74) is 2.01. The Balaban J connectivity index is 2.13. The second kappa shape index (κ2) is 5.95. The Morgan fingerprint density at radius 1 is 1.27 bits per heavy atom. The lowest BCUT2D eigenvalue weighted by molar-refractivity contribution is 0.470. The van der Waals surface area contributed by atoms with Crippen molar-refractivity contribution in [3.05, 3.63) is 56.8 Å². The van der Waals surface area contributed by atoms with E-state index in [1.54, 1.807) is 18.2 Å². The zero-order valence-electron chi connectivity index (χ0n) is 11.0. The van der Waals surface area contributed by atoms with Crippen molar-refractivity contribution >= 4 is 54.6 Å². The van der Waals surface area contributed by atoms with E-state index in [0.29, 0.717) is 21.1 Å². The number of rotatable bonds is 2. The van der Waals surface area contributed by atoms with Crippen molar-refractivity contribution in [3.8, 4) is 11.8 Å². The van der Waals surface area contributed by atoms with Crippen molar-refractivity contribution in [1.29, 1.82) is 5.26 Å². The molecule has 2 aromatic carbocycles. The van der Waals surface area contributed by atoms with Crippen LogP contribution in [0.5, 0.6) is 5.75 Å². The fourth-order valence-electron chi connectivity index (χ4n) is 1.98. The lowest BCUT2D eigenvalue weighted by atomic mass is 10.1. The molecule has 0 saturated carbocycles. The van der Waals surface area contributed by atoms with Crippen LogP contribution < -0.4 is 0 Å². The van der Waals surface area contributed by atoms with Crippen LogP contribution in [0.3, 0.4) is 0 Å². The molecule has 3 rings (SSSR count). The Hall–Kier alpha value is -2.10. The molecule has 3 aromatic rings. The van der Waals surface area contributed by atoms with E-state index in [1.165, 1.54) is 6.08 Å². The van der Waals surface area contributed by atoms with Crippen LogP contribution in [-0.4, -0.2) is 10.1 Å². The molecule has 0 unspecified atom stereocenters. The number of aromatic nitrogens is 1. The van der Waals surface area contributed by atoms with E-state index in [1.807, 2.05) is 18.2 Å². The first-order valence-electron chi connectivity index (χ1n) is 6.24. The van der Waals surface area contributed by atoms with Crippen molar-refractivity contribution in [1.82, 2.24) is 4.98 Å². The summed E-state index contributed by atoms with van der Waals surface area (Å²) in [4.78, 5) is 4.29. The van der Waals surface area contributed by atoms with Gasteiger partial charge in [0.05, 0.1) is 4.47 Å². The molecule has 0 atom stereocenters. The predicted molar refractivity (Wildman–Crippen MR) is 91.0 cm³/mol. The molecule has 0 amide bonds. The van der Waals surface area contributed by atoms with Gasteiger partial charge in [0, 0.05) is 10.0 Å². The van der Waals surface area contributed by atoms with E-state index >= 15 is 0 Å². The summed E-state index contributed by atoms with van der Waals surface area (Å²) in [7, 11) is 0. The fraction of sp³-hybridized carbons (Fsp3) is 0. The molecule has 22 heavy (non-hydrogen) atoms. The minimum absolute atomic E-state index is 0.0482. The van der Waals surface area contributed by atoms with Gasteiger partial charge in [-0.2, -0.15) is 5.26 Å².